The Hall–Kier alpha value is -3.12. The zero-order valence-corrected chi connectivity index (χ0v) is 31.1. The van der Waals surface area contributed by atoms with Gasteiger partial charge in [0, 0.05) is 24.8 Å². The minimum absolute atomic E-state index is 0. The molecule has 5 aromatic rings. The molecule has 47 heavy (non-hydrogen) atoms. The molecule has 0 amide bonds. The van der Waals surface area contributed by atoms with Gasteiger partial charge < -0.3 is 19.1 Å². The van der Waals surface area contributed by atoms with E-state index in [1.165, 1.54) is 0 Å². The van der Waals surface area contributed by atoms with Crippen LogP contribution in [0.3, 0.4) is 0 Å². The molecule has 1 fully saturated rings. The second kappa shape index (κ2) is 17.9. The molecule has 6 rings (SSSR count). The zero-order valence-electron chi connectivity index (χ0n) is 28.0. The van der Waals surface area contributed by atoms with Crippen molar-refractivity contribution in [3.63, 3.8) is 0 Å². The number of aromatic nitrogens is 4. The Morgan fingerprint density at radius 2 is 1.55 bits per heavy atom. The summed E-state index contributed by atoms with van der Waals surface area (Å²) in [6, 6.07) is 23.4. The molecule has 1 aliphatic rings. The minimum Gasteiger partial charge on any atom is -0.528 e. The van der Waals surface area contributed by atoms with Gasteiger partial charge in [0.15, 0.2) is 11.9 Å². The van der Waals surface area contributed by atoms with Gasteiger partial charge in [-0.05, 0) is 47.2 Å². The maximum atomic E-state index is 14.2. The fourth-order valence-corrected chi connectivity index (χ4v) is 5.68. The summed E-state index contributed by atoms with van der Waals surface area (Å²) in [4.78, 5) is 23.1. The quantitative estimate of drug-likeness (QED) is 0.208. The van der Waals surface area contributed by atoms with Crippen LogP contribution in [0, 0.1) is 0 Å². The van der Waals surface area contributed by atoms with Gasteiger partial charge in [-0.3, -0.25) is 9.36 Å². The summed E-state index contributed by atoms with van der Waals surface area (Å²) >= 11 is 0. The summed E-state index contributed by atoms with van der Waals surface area (Å²) in [6.45, 7) is 9.97. The van der Waals surface area contributed by atoms with Crippen molar-refractivity contribution in [2.24, 2.45) is 0 Å². The summed E-state index contributed by atoms with van der Waals surface area (Å²) in [6.07, 6.45) is 3.43. The number of nitrogens with zero attached hydrogens (tertiary/aromatic N) is 4. The molecule has 2 aromatic heterocycles. The average Bonchev–Trinajstić information content (AvgIpc) is 3.54. The van der Waals surface area contributed by atoms with Gasteiger partial charge in [0.25, 0.3) is 5.56 Å². The average molecular weight is 661 g/mol. The van der Waals surface area contributed by atoms with Crippen LogP contribution in [0.4, 0.5) is 0 Å². The first-order valence-electron chi connectivity index (χ1n) is 16.2. The molecule has 0 bridgehead atoms. The van der Waals surface area contributed by atoms with E-state index in [-0.39, 0.29) is 68.9 Å². The topological polar surface area (TPSA) is 115 Å². The molecule has 3 heterocycles. The van der Waals surface area contributed by atoms with Gasteiger partial charge in [-0.15, -0.1) is 0 Å². The predicted octanol–water partition coefficient (Wildman–Crippen LogP) is 3.85. The summed E-state index contributed by atoms with van der Waals surface area (Å²) in [5.74, 6) is 1.84. The van der Waals surface area contributed by atoms with E-state index in [0.717, 1.165) is 72.0 Å². The number of rotatable bonds is 10. The molecule has 10 heteroatoms. The van der Waals surface area contributed by atoms with Crippen molar-refractivity contribution in [1.29, 1.82) is 0 Å². The Labute approximate surface area is 318 Å². The van der Waals surface area contributed by atoms with Crippen LogP contribution in [0.5, 0.6) is 11.8 Å². The first-order valence-corrected chi connectivity index (χ1v) is 16.2. The van der Waals surface area contributed by atoms with E-state index < -0.39 is 6.08 Å². The normalized spacial score (nSPS) is 12.9. The first kappa shape index (κ1) is 36.7. The maximum Gasteiger partial charge on any atom is 1.00 e. The molecule has 0 saturated carbocycles. The Morgan fingerprint density at radius 1 is 0.894 bits per heavy atom. The molecule has 0 unspecified atom stereocenters. The van der Waals surface area contributed by atoms with Gasteiger partial charge >= 0.3 is 51.4 Å². The number of ether oxygens (including phenoxy) is 2. The number of hydrogen-bond acceptors (Lipinski definition) is 8. The van der Waals surface area contributed by atoms with E-state index in [2.05, 4.69) is 21.6 Å². The van der Waals surface area contributed by atoms with Gasteiger partial charge in [0.2, 0.25) is 0 Å². The smallest absolute Gasteiger partial charge is 0.528 e. The van der Waals surface area contributed by atoms with E-state index in [4.69, 9.17) is 14.5 Å². The molecule has 1 saturated heterocycles. The largest absolute Gasteiger partial charge is 1.00 e. The van der Waals surface area contributed by atoms with Crippen molar-refractivity contribution in [1.82, 2.24) is 19.7 Å². The second-order valence-electron chi connectivity index (χ2n) is 10.9. The van der Waals surface area contributed by atoms with Crippen molar-refractivity contribution in [3.8, 4) is 45.5 Å². The van der Waals surface area contributed by atoms with E-state index in [0.29, 0.717) is 30.5 Å². The third-order valence-electron chi connectivity index (χ3n) is 7.93. The summed E-state index contributed by atoms with van der Waals surface area (Å²) in [5.41, 5.74) is 5.74. The summed E-state index contributed by atoms with van der Waals surface area (Å²) in [5, 5.41) is 15.3. The second-order valence-corrected chi connectivity index (χ2v) is 10.9. The van der Waals surface area contributed by atoms with Gasteiger partial charge in [0.05, 0.1) is 31.0 Å². The molecule has 240 valence electrons. The first-order chi connectivity index (χ1) is 22.5. The van der Waals surface area contributed by atoms with Crippen LogP contribution < -0.4 is 66.8 Å². The molecule has 3 aromatic carbocycles. The van der Waals surface area contributed by atoms with Gasteiger partial charge in [0.1, 0.15) is 17.7 Å². The van der Waals surface area contributed by atoms with Crippen molar-refractivity contribution in [2.45, 2.75) is 72.4 Å². The van der Waals surface area contributed by atoms with Crippen LogP contribution in [0.1, 0.15) is 64.0 Å². The Morgan fingerprint density at radius 3 is 2.17 bits per heavy atom. The number of aryl methyl sites for hydroxylation is 2. The van der Waals surface area contributed by atoms with E-state index >= 15 is 0 Å². The fraction of sp³-hybridized carbons (Fsp3) is 0.351. The predicted molar refractivity (Wildman–Crippen MR) is 177 cm³/mol. The number of hydrogen-bond donors (Lipinski definition) is 0. The molecule has 0 atom stereocenters. The van der Waals surface area contributed by atoms with Crippen molar-refractivity contribution in [3.05, 3.63) is 100 Å². The Bertz CT molecular complexity index is 1780. The number of benzene rings is 3. The monoisotopic (exact) mass is 660 g/mol. The summed E-state index contributed by atoms with van der Waals surface area (Å²) < 4.78 is 18.1. The van der Waals surface area contributed by atoms with Crippen LogP contribution in [0.15, 0.2) is 82.1 Å². The SMILES string of the molecule is CC.CCCc1nc(CC)c(-c2ccc(OC3CCOCC3)cc2)c(=O)n1Cc1ccc(-c2ccccc2-c2noc([O-])n2)cc1.[K+]. The van der Waals surface area contributed by atoms with Crippen molar-refractivity contribution in [2.75, 3.05) is 13.2 Å². The standard InChI is InChI=1S/C35H36N4O5.C2H6.K/c1-3-7-31-36-30(4-2)32(25-14-16-26(17-15-25)43-27-18-20-42-21-19-27)34(40)39(31)22-23-10-12-24(13-11-23)28-8-5-6-9-29(28)33-37-35(41)44-38-33;1-2;/h5-6,8-17,27H,3-4,7,18-22H2,1-2H3,(H,37,38,41);1-2H3;/q;;+1/p-1. The minimum atomic E-state index is -0.722. The van der Waals surface area contributed by atoms with Crippen molar-refractivity contribution < 1.29 is 70.5 Å². The molecule has 9 nitrogen and oxygen atoms in total. The molecule has 0 spiro atoms. The zero-order chi connectivity index (χ0) is 32.5. The maximum absolute atomic E-state index is 14.2. The van der Waals surface area contributed by atoms with Gasteiger partial charge in [-0.1, -0.05) is 88.4 Å². The van der Waals surface area contributed by atoms with Crippen LogP contribution in [0.25, 0.3) is 33.6 Å². The molecule has 1 aliphatic heterocycles. The third-order valence-corrected chi connectivity index (χ3v) is 7.93. The Balaban J connectivity index is 0.00000164. The van der Waals surface area contributed by atoms with Crippen LogP contribution in [0.2, 0.25) is 0 Å². The van der Waals surface area contributed by atoms with E-state index in [1.807, 2.05) is 98.1 Å². The Kier molecular flexibility index (Phi) is 14.0. The van der Waals surface area contributed by atoms with E-state index in [1.54, 1.807) is 0 Å². The van der Waals surface area contributed by atoms with Crippen LogP contribution in [-0.2, 0) is 24.1 Å². The van der Waals surface area contributed by atoms with Crippen LogP contribution >= 0.6 is 0 Å². The molecule has 0 N–H and O–H groups in total. The third kappa shape index (κ3) is 8.87. The van der Waals surface area contributed by atoms with Crippen molar-refractivity contribution >= 4 is 0 Å². The molecule has 0 aliphatic carbocycles. The summed E-state index contributed by atoms with van der Waals surface area (Å²) in [7, 11) is 0. The molecular formula is C37H41KN4O5. The van der Waals surface area contributed by atoms with Crippen LogP contribution in [-0.4, -0.2) is 39.0 Å². The van der Waals surface area contributed by atoms with Gasteiger partial charge in [-0.25, -0.2) is 9.97 Å². The fourth-order valence-electron chi connectivity index (χ4n) is 5.68. The molecular weight excluding hydrogens is 620 g/mol. The van der Waals surface area contributed by atoms with Gasteiger partial charge in [-0.2, -0.15) is 5.16 Å². The molecule has 0 radical (unpaired) electrons. The van der Waals surface area contributed by atoms with E-state index in [9.17, 15) is 9.90 Å².